The number of hydrogen-bond acceptors (Lipinski definition) is 7. The largest absolute Gasteiger partial charge is 0.469 e. The van der Waals surface area contributed by atoms with Crippen molar-refractivity contribution in [1.29, 1.82) is 0 Å². The van der Waals surface area contributed by atoms with E-state index in [1.165, 1.54) is 26.0 Å². The Bertz CT molecular complexity index is 791. The second-order valence-electron chi connectivity index (χ2n) is 14.1. The van der Waals surface area contributed by atoms with Crippen LogP contribution in [-0.2, 0) is 27.3 Å². The fraction of sp³-hybridized carbons (Fsp3) is 0.906. The van der Waals surface area contributed by atoms with E-state index in [1.807, 2.05) is 13.8 Å². The van der Waals surface area contributed by atoms with Gasteiger partial charge in [-0.05, 0) is 76.6 Å². The number of unbranched alkanes of at least 4 members (excludes halogenated alkanes) is 8. The molecule has 0 bridgehead atoms. The molecule has 0 aliphatic rings. The molecule has 11 heteroatoms. The maximum atomic E-state index is 12.2. The molecule has 0 saturated heterocycles. The van der Waals surface area contributed by atoms with E-state index in [2.05, 4.69) is 51.5 Å². The van der Waals surface area contributed by atoms with Gasteiger partial charge in [0.25, 0.3) is 0 Å². The highest BCUT2D eigenvalue weighted by molar-refractivity contribution is 6.87. The number of hydrogen-bond donors (Lipinski definition) is 1. The number of rotatable bonds is 26. The molecule has 0 aromatic carbocycles. The number of esters is 1. The predicted molar refractivity (Wildman–Crippen MR) is 185 cm³/mol. The number of ether oxygens (including phenoxy) is 2. The van der Waals surface area contributed by atoms with E-state index in [1.54, 1.807) is 0 Å². The molecule has 0 saturated carbocycles. The molecule has 1 N–H and O–H groups in total. The van der Waals surface area contributed by atoms with E-state index in [9.17, 15) is 14.4 Å². The Morgan fingerprint density at radius 3 is 1.84 bits per heavy atom. The van der Waals surface area contributed by atoms with Gasteiger partial charge in [0.05, 0.1) is 19.6 Å². The second-order valence-corrected chi connectivity index (χ2v) is 26.6. The highest BCUT2D eigenvalue weighted by atomic mass is 28.5. The highest BCUT2D eigenvalue weighted by Gasteiger charge is 2.39. The summed E-state index contributed by atoms with van der Waals surface area (Å²) in [6, 6.07) is 2.34. The maximum Gasteiger partial charge on any atom is 0.407 e. The number of amides is 1. The number of carbonyl (C=O) groups excluding carboxylic acids is 3. The molecule has 1 unspecified atom stereocenters. The zero-order valence-electron chi connectivity index (χ0n) is 29.5. The summed E-state index contributed by atoms with van der Waals surface area (Å²) in [5.74, 6) is -0.431. The van der Waals surface area contributed by atoms with Crippen LogP contribution in [-0.4, -0.2) is 63.3 Å². The first kappa shape index (κ1) is 42.0. The van der Waals surface area contributed by atoms with Crippen LogP contribution in [0.2, 0.25) is 51.4 Å². The molecular formula is C32H67NO7Si3. The Balaban J connectivity index is 3.85. The molecule has 0 aliphatic carbocycles. The van der Waals surface area contributed by atoms with Crippen LogP contribution in [0, 0.1) is 11.8 Å². The van der Waals surface area contributed by atoms with Crippen molar-refractivity contribution < 1.29 is 32.1 Å². The fourth-order valence-corrected chi connectivity index (χ4v) is 19.8. The first-order chi connectivity index (χ1) is 20.0. The van der Waals surface area contributed by atoms with E-state index in [-0.39, 0.29) is 36.1 Å². The molecule has 254 valence electrons. The topological polar surface area (TPSA) is 100 Å². The van der Waals surface area contributed by atoms with Crippen molar-refractivity contribution >= 4 is 43.0 Å². The maximum absolute atomic E-state index is 12.2. The van der Waals surface area contributed by atoms with Gasteiger partial charge in [-0.15, -0.1) is 0 Å². The average molecular weight is 662 g/mol. The van der Waals surface area contributed by atoms with Gasteiger partial charge in [0.2, 0.25) is 0 Å². The standard InChI is InChI=1S/C32H67NO7Si3/c1-11-12-25-41(5,6)39-43(9,10)40-42(7,8)26-21-17-16-20-24-38-32(36)33-23-19-15-13-14-18-22-29(34)27-30(28(2)3)31(35)37-4/h28,30H,11-27H2,1-10H3,(H,33,36). The van der Waals surface area contributed by atoms with Crippen molar-refractivity contribution in [1.82, 2.24) is 5.32 Å². The summed E-state index contributed by atoms with van der Waals surface area (Å²) in [7, 11) is -4.19. The van der Waals surface area contributed by atoms with Gasteiger partial charge in [-0.1, -0.05) is 72.1 Å². The molecule has 0 rings (SSSR count). The molecule has 43 heavy (non-hydrogen) atoms. The lowest BCUT2D eigenvalue weighted by Crippen LogP contribution is -2.52. The Morgan fingerprint density at radius 2 is 1.26 bits per heavy atom. The monoisotopic (exact) mass is 661 g/mol. The van der Waals surface area contributed by atoms with Crippen LogP contribution < -0.4 is 5.32 Å². The van der Waals surface area contributed by atoms with Gasteiger partial charge in [0.1, 0.15) is 5.78 Å². The van der Waals surface area contributed by atoms with E-state index < -0.39 is 25.2 Å². The van der Waals surface area contributed by atoms with Crippen molar-refractivity contribution in [3.05, 3.63) is 0 Å². The molecule has 0 radical (unpaired) electrons. The van der Waals surface area contributed by atoms with Gasteiger partial charge in [0, 0.05) is 19.4 Å². The summed E-state index contributed by atoms with van der Waals surface area (Å²) in [5.41, 5.74) is 0. The molecule has 1 amide bonds. The number of methoxy groups -OCH3 is 1. The molecule has 0 aromatic heterocycles. The van der Waals surface area contributed by atoms with Gasteiger partial charge in [-0.25, -0.2) is 4.79 Å². The summed E-state index contributed by atoms with van der Waals surface area (Å²) in [6.45, 7) is 20.9. The number of alkyl carbamates (subject to hydrolysis) is 1. The van der Waals surface area contributed by atoms with Crippen LogP contribution in [0.25, 0.3) is 0 Å². The zero-order chi connectivity index (χ0) is 32.9. The lowest BCUT2D eigenvalue weighted by molar-refractivity contribution is -0.148. The number of Topliss-reactive ketones (excluding diaryl/α,β-unsaturated/α-hetero) is 1. The lowest BCUT2D eigenvalue weighted by Gasteiger charge is -2.38. The summed E-state index contributed by atoms with van der Waals surface area (Å²) < 4.78 is 23.5. The number of carbonyl (C=O) groups is 3. The molecule has 8 nitrogen and oxygen atoms in total. The van der Waals surface area contributed by atoms with Crippen LogP contribution in [0.15, 0.2) is 0 Å². The van der Waals surface area contributed by atoms with Gasteiger partial charge in [-0.3, -0.25) is 9.59 Å². The first-order valence-electron chi connectivity index (χ1n) is 16.9. The molecule has 0 aromatic rings. The molecular weight excluding hydrogens is 595 g/mol. The van der Waals surface area contributed by atoms with E-state index >= 15 is 0 Å². The van der Waals surface area contributed by atoms with E-state index in [4.69, 9.17) is 17.7 Å². The molecule has 0 fully saturated rings. The summed E-state index contributed by atoms with van der Waals surface area (Å²) in [4.78, 5) is 36.0. The van der Waals surface area contributed by atoms with Gasteiger partial charge >= 0.3 is 20.6 Å². The summed E-state index contributed by atoms with van der Waals surface area (Å²) >= 11 is 0. The van der Waals surface area contributed by atoms with Crippen molar-refractivity contribution in [3.63, 3.8) is 0 Å². The minimum Gasteiger partial charge on any atom is -0.469 e. The Kier molecular flexibility index (Phi) is 21.9. The number of ketones is 1. The third kappa shape index (κ3) is 23.0. The third-order valence-electron chi connectivity index (χ3n) is 7.74. The van der Waals surface area contributed by atoms with Gasteiger partial charge in [-0.2, -0.15) is 0 Å². The minimum atomic E-state index is -2.12. The van der Waals surface area contributed by atoms with E-state index in [0.29, 0.717) is 19.6 Å². The molecule has 0 aliphatic heterocycles. The van der Waals surface area contributed by atoms with Crippen LogP contribution in [0.3, 0.4) is 0 Å². The Morgan fingerprint density at radius 1 is 0.721 bits per heavy atom. The smallest absolute Gasteiger partial charge is 0.407 e. The first-order valence-corrected chi connectivity index (χ1v) is 26.0. The van der Waals surface area contributed by atoms with E-state index in [0.717, 1.165) is 63.8 Å². The minimum absolute atomic E-state index is 0.0918. The lowest BCUT2D eigenvalue weighted by atomic mass is 9.89. The Hall–Kier alpha value is -1.02. The van der Waals surface area contributed by atoms with Crippen molar-refractivity contribution in [2.45, 2.75) is 156 Å². The molecule has 1 atom stereocenters. The van der Waals surface area contributed by atoms with Gasteiger partial charge in [0.15, 0.2) is 16.6 Å². The van der Waals surface area contributed by atoms with Crippen molar-refractivity contribution in [2.24, 2.45) is 11.8 Å². The SMILES string of the molecule is CCCC[Si](C)(C)O[Si](C)(C)O[Si](C)(C)CCCCCCOC(=O)NCCCCCCCC(=O)CC(C(=O)OC)C(C)C. The predicted octanol–water partition coefficient (Wildman–Crippen LogP) is 8.96. The van der Waals surface area contributed by atoms with Crippen LogP contribution >= 0.6 is 0 Å². The number of nitrogens with one attached hydrogen (secondary N) is 1. The summed E-state index contributed by atoms with van der Waals surface area (Å²) in [6.07, 6.45) is 11.8. The van der Waals surface area contributed by atoms with Crippen molar-refractivity contribution in [2.75, 3.05) is 20.3 Å². The molecule has 0 spiro atoms. The fourth-order valence-electron chi connectivity index (χ4n) is 5.54. The van der Waals surface area contributed by atoms with Crippen LogP contribution in [0.4, 0.5) is 4.79 Å². The molecule has 0 heterocycles. The zero-order valence-corrected chi connectivity index (χ0v) is 32.5. The van der Waals surface area contributed by atoms with Crippen molar-refractivity contribution in [3.8, 4) is 0 Å². The van der Waals surface area contributed by atoms with Gasteiger partial charge < -0.3 is 23.0 Å². The van der Waals surface area contributed by atoms with Crippen LogP contribution in [0.1, 0.15) is 104 Å². The normalized spacial score (nSPS) is 13.2. The van der Waals surface area contributed by atoms with Crippen LogP contribution in [0.5, 0.6) is 0 Å². The summed E-state index contributed by atoms with van der Waals surface area (Å²) in [5, 5.41) is 2.84. The third-order valence-corrected chi connectivity index (χ3v) is 19.2. The quantitative estimate of drug-likeness (QED) is 0.0561. The second kappa shape index (κ2) is 22.5. The highest BCUT2D eigenvalue weighted by Crippen LogP contribution is 2.27. The average Bonchev–Trinajstić information content (AvgIpc) is 2.89. The Labute approximate surface area is 267 Å².